The van der Waals surface area contributed by atoms with Crippen LogP contribution in [0.4, 0.5) is 0 Å². The fourth-order valence-corrected chi connectivity index (χ4v) is 0.724. The summed E-state index contributed by atoms with van der Waals surface area (Å²) in [4.78, 5) is 0. The first-order valence-electron chi connectivity index (χ1n) is 2.15. The monoisotopic (exact) mass is 121 g/mol. The lowest BCUT2D eigenvalue weighted by molar-refractivity contribution is 0.172. The first-order chi connectivity index (χ1) is 3.31. The molecule has 44 valence electrons. The van der Waals surface area contributed by atoms with Gasteiger partial charge in [0.25, 0.3) is 0 Å². The molecule has 0 saturated carbocycles. The van der Waals surface area contributed by atoms with E-state index in [4.69, 9.17) is 5.11 Å². The van der Waals surface area contributed by atoms with Crippen LogP contribution in [-0.2, 0) is 0 Å². The highest BCUT2D eigenvalue weighted by molar-refractivity contribution is 7.98. The molecule has 0 spiro atoms. The van der Waals surface area contributed by atoms with Crippen molar-refractivity contribution in [2.45, 2.75) is 6.23 Å². The topological polar surface area (TPSA) is 32.3 Å². The van der Waals surface area contributed by atoms with Crippen LogP contribution in [0.5, 0.6) is 0 Å². The number of hydrogen-bond donors (Lipinski definition) is 2. The van der Waals surface area contributed by atoms with E-state index in [1.165, 1.54) is 0 Å². The van der Waals surface area contributed by atoms with Gasteiger partial charge in [0.15, 0.2) is 0 Å². The van der Waals surface area contributed by atoms with E-state index in [0.29, 0.717) is 0 Å². The Balaban J connectivity index is 2.83. The Morgan fingerprint density at radius 1 is 1.86 bits per heavy atom. The van der Waals surface area contributed by atoms with Gasteiger partial charge in [-0.2, -0.15) is 11.8 Å². The summed E-state index contributed by atoms with van der Waals surface area (Å²) < 4.78 is 0. The highest BCUT2D eigenvalue weighted by atomic mass is 32.2. The van der Waals surface area contributed by atoms with Crippen molar-refractivity contribution in [3.63, 3.8) is 0 Å². The summed E-state index contributed by atoms with van der Waals surface area (Å²) in [6.07, 6.45) is 1.62. The highest BCUT2D eigenvalue weighted by Gasteiger charge is 1.93. The summed E-state index contributed by atoms with van der Waals surface area (Å²) in [5, 5.41) is 11.4. The molecule has 0 heterocycles. The molecular formula is C4H11NOS. The molecule has 0 aromatic carbocycles. The van der Waals surface area contributed by atoms with Gasteiger partial charge in [0.05, 0.1) is 0 Å². The maximum Gasteiger partial charge on any atom is 0.113 e. The minimum atomic E-state index is -0.338. The van der Waals surface area contributed by atoms with Crippen molar-refractivity contribution in [2.24, 2.45) is 0 Å². The first-order valence-corrected chi connectivity index (χ1v) is 3.55. The largest absolute Gasteiger partial charge is 0.378 e. The van der Waals surface area contributed by atoms with Crippen molar-refractivity contribution in [1.82, 2.24) is 5.32 Å². The number of thioether (sulfide) groups is 1. The fourth-order valence-electron chi connectivity index (χ4n) is 0.241. The molecule has 0 rings (SSSR count). The lowest BCUT2D eigenvalue weighted by Crippen LogP contribution is -2.26. The second-order valence-electron chi connectivity index (χ2n) is 1.26. The summed E-state index contributed by atoms with van der Waals surface area (Å²) >= 11 is 1.62. The minimum Gasteiger partial charge on any atom is -0.378 e. The van der Waals surface area contributed by atoms with E-state index in [1.807, 2.05) is 6.26 Å². The molecule has 0 bridgehead atoms. The predicted molar refractivity (Wildman–Crippen MR) is 33.4 cm³/mol. The van der Waals surface area contributed by atoms with Crippen molar-refractivity contribution in [2.75, 3.05) is 19.1 Å². The van der Waals surface area contributed by atoms with Gasteiger partial charge in [0.2, 0.25) is 0 Å². The highest BCUT2D eigenvalue weighted by Crippen LogP contribution is 1.91. The molecular weight excluding hydrogens is 110 g/mol. The molecule has 0 aliphatic rings. The predicted octanol–water partition coefficient (Wildman–Crippen LogP) is -0.113. The molecule has 0 fully saturated rings. The van der Waals surface area contributed by atoms with Gasteiger partial charge in [-0.3, -0.25) is 5.32 Å². The molecule has 0 radical (unpaired) electrons. The normalized spacial score (nSPS) is 14.1. The van der Waals surface area contributed by atoms with Crippen LogP contribution >= 0.6 is 11.8 Å². The molecule has 0 aromatic rings. The number of nitrogens with one attached hydrogen (secondary N) is 1. The molecule has 0 aliphatic heterocycles. The second kappa shape index (κ2) is 4.43. The maximum absolute atomic E-state index is 8.73. The molecule has 2 nitrogen and oxygen atoms in total. The number of rotatable bonds is 3. The fraction of sp³-hybridized carbons (Fsp3) is 1.00. The first kappa shape index (κ1) is 7.27. The zero-order chi connectivity index (χ0) is 5.70. The van der Waals surface area contributed by atoms with E-state index in [9.17, 15) is 0 Å². The van der Waals surface area contributed by atoms with Gasteiger partial charge in [-0.25, -0.2) is 0 Å². The van der Waals surface area contributed by atoms with Crippen LogP contribution in [0.2, 0.25) is 0 Å². The van der Waals surface area contributed by atoms with E-state index in [-0.39, 0.29) is 6.23 Å². The molecule has 1 unspecified atom stereocenters. The molecule has 3 heteroatoms. The lowest BCUT2D eigenvalue weighted by atomic mass is 10.7. The smallest absolute Gasteiger partial charge is 0.113 e. The molecule has 1 atom stereocenters. The Bertz CT molecular complexity index is 42.7. The van der Waals surface area contributed by atoms with Crippen LogP contribution in [0.1, 0.15) is 0 Å². The average molecular weight is 121 g/mol. The van der Waals surface area contributed by atoms with Crippen molar-refractivity contribution in [3.05, 3.63) is 0 Å². The van der Waals surface area contributed by atoms with Crippen LogP contribution in [0.15, 0.2) is 0 Å². The molecule has 0 amide bonds. The summed E-state index contributed by atoms with van der Waals surface area (Å²) in [7, 11) is 1.74. The molecule has 0 aliphatic carbocycles. The SMILES string of the molecule is CNC(O)CSC. The van der Waals surface area contributed by atoms with E-state index in [0.717, 1.165) is 5.75 Å². The van der Waals surface area contributed by atoms with Gasteiger partial charge in [0.1, 0.15) is 6.23 Å². The Kier molecular flexibility index (Phi) is 4.60. The third-order valence-electron chi connectivity index (χ3n) is 0.658. The maximum atomic E-state index is 8.73. The van der Waals surface area contributed by atoms with E-state index < -0.39 is 0 Å². The number of aliphatic hydroxyl groups is 1. The van der Waals surface area contributed by atoms with Gasteiger partial charge in [-0.05, 0) is 13.3 Å². The molecule has 0 aromatic heterocycles. The zero-order valence-electron chi connectivity index (χ0n) is 4.64. The third kappa shape index (κ3) is 4.12. The van der Waals surface area contributed by atoms with Gasteiger partial charge in [-0.15, -0.1) is 0 Å². The van der Waals surface area contributed by atoms with Crippen LogP contribution in [0.3, 0.4) is 0 Å². The standard InChI is InChI=1S/C4H11NOS/c1-5-4(6)3-7-2/h4-6H,3H2,1-2H3. The number of aliphatic hydroxyl groups excluding tert-OH is 1. The Hall–Kier alpha value is 0.270. The Morgan fingerprint density at radius 2 is 2.43 bits per heavy atom. The van der Waals surface area contributed by atoms with Crippen LogP contribution < -0.4 is 5.32 Å². The quantitative estimate of drug-likeness (QED) is 0.511. The van der Waals surface area contributed by atoms with E-state index in [1.54, 1.807) is 18.8 Å². The summed E-state index contributed by atoms with van der Waals surface area (Å²) in [6.45, 7) is 0. The van der Waals surface area contributed by atoms with E-state index in [2.05, 4.69) is 5.32 Å². The summed E-state index contributed by atoms with van der Waals surface area (Å²) in [5.74, 6) is 0.760. The van der Waals surface area contributed by atoms with Crippen molar-refractivity contribution >= 4 is 11.8 Å². The van der Waals surface area contributed by atoms with Gasteiger partial charge < -0.3 is 5.11 Å². The van der Waals surface area contributed by atoms with Crippen molar-refractivity contribution < 1.29 is 5.11 Å². The van der Waals surface area contributed by atoms with Crippen LogP contribution in [0, 0.1) is 0 Å². The molecule has 7 heavy (non-hydrogen) atoms. The average Bonchev–Trinajstić information content (AvgIpc) is 1.68. The molecule has 2 N–H and O–H groups in total. The van der Waals surface area contributed by atoms with Gasteiger partial charge in [-0.1, -0.05) is 0 Å². The lowest BCUT2D eigenvalue weighted by Gasteiger charge is -2.04. The second-order valence-corrected chi connectivity index (χ2v) is 2.17. The zero-order valence-corrected chi connectivity index (χ0v) is 5.46. The van der Waals surface area contributed by atoms with E-state index >= 15 is 0 Å². The van der Waals surface area contributed by atoms with Gasteiger partial charge >= 0.3 is 0 Å². The Labute approximate surface area is 48.3 Å². The van der Waals surface area contributed by atoms with Crippen LogP contribution in [-0.4, -0.2) is 30.4 Å². The minimum absolute atomic E-state index is 0.338. The van der Waals surface area contributed by atoms with Crippen molar-refractivity contribution in [3.8, 4) is 0 Å². The van der Waals surface area contributed by atoms with Crippen LogP contribution in [0.25, 0.3) is 0 Å². The molecule has 0 saturated heterocycles. The van der Waals surface area contributed by atoms with Gasteiger partial charge in [0, 0.05) is 5.75 Å². The Morgan fingerprint density at radius 3 is 2.57 bits per heavy atom. The number of hydrogen-bond acceptors (Lipinski definition) is 3. The summed E-state index contributed by atoms with van der Waals surface area (Å²) in [5.41, 5.74) is 0. The van der Waals surface area contributed by atoms with Crippen molar-refractivity contribution in [1.29, 1.82) is 0 Å². The summed E-state index contributed by atoms with van der Waals surface area (Å²) in [6, 6.07) is 0. The third-order valence-corrected chi connectivity index (χ3v) is 1.31.